The minimum Gasteiger partial charge on any atom is -0.481 e. The number of carbonyl (C=O) groups excluding carboxylic acids is 1. The van der Waals surface area contributed by atoms with Crippen molar-refractivity contribution in [2.45, 2.75) is 0 Å². The Balaban J connectivity index is 2.08. The maximum atomic E-state index is 12.6. The number of carbonyl (C=O) groups is 2. The number of aliphatic carboxylic acids is 1. The summed E-state index contributed by atoms with van der Waals surface area (Å²) >= 11 is 1.39. The van der Waals surface area contributed by atoms with Gasteiger partial charge in [0.1, 0.15) is 5.75 Å². The molecule has 4 nitrogen and oxygen atoms in total. The fraction of sp³-hybridized carbons (Fsp3) is 0.0588. The number of benzene rings is 2. The monoisotopic (exact) mass is 312 g/mol. The zero-order chi connectivity index (χ0) is 15.5. The zero-order valence-corrected chi connectivity index (χ0v) is 12.3. The summed E-state index contributed by atoms with van der Waals surface area (Å²) in [4.78, 5) is 23.9. The third kappa shape index (κ3) is 2.71. The number of fused-ring (bicyclic) bond motifs is 1. The predicted octanol–water partition coefficient (Wildman–Crippen LogP) is 3.60. The van der Waals surface area contributed by atoms with Crippen molar-refractivity contribution in [3.63, 3.8) is 0 Å². The number of rotatable bonds is 5. The topological polar surface area (TPSA) is 63.6 Å². The SMILES string of the molecule is O=C(O)COc1ccc(C(=O)c2cccs2)c2ccccc12. The highest BCUT2D eigenvalue weighted by atomic mass is 32.1. The zero-order valence-electron chi connectivity index (χ0n) is 11.5. The molecule has 0 unspecified atom stereocenters. The van der Waals surface area contributed by atoms with Crippen molar-refractivity contribution in [3.8, 4) is 5.75 Å². The third-order valence-corrected chi connectivity index (χ3v) is 4.09. The van der Waals surface area contributed by atoms with Gasteiger partial charge < -0.3 is 9.84 Å². The second kappa shape index (κ2) is 5.99. The molecule has 1 aromatic heterocycles. The fourth-order valence-corrected chi connectivity index (χ4v) is 2.95. The van der Waals surface area contributed by atoms with Crippen molar-refractivity contribution >= 4 is 33.9 Å². The van der Waals surface area contributed by atoms with Crippen LogP contribution in [0.4, 0.5) is 0 Å². The van der Waals surface area contributed by atoms with Crippen molar-refractivity contribution in [1.82, 2.24) is 0 Å². The molecule has 3 rings (SSSR count). The van der Waals surface area contributed by atoms with E-state index in [1.54, 1.807) is 18.2 Å². The van der Waals surface area contributed by atoms with E-state index >= 15 is 0 Å². The summed E-state index contributed by atoms with van der Waals surface area (Å²) in [6.07, 6.45) is 0. The predicted molar refractivity (Wildman–Crippen MR) is 84.8 cm³/mol. The molecule has 0 aliphatic heterocycles. The molecule has 0 amide bonds. The Labute approximate surface area is 130 Å². The van der Waals surface area contributed by atoms with Gasteiger partial charge in [-0.05, 0) is 29.0 Å². The van der Waals surface area contributed by atoms with E-state index in [0.29, 0.717) is 16.2 Å². The largest absolute Gasteiger partial charge is 0.481 e. The van der Waals surface area contributed by atoms with Crippen LogP contribution in [0.25, 0.3) is 10.8 Å². The lowest BCUT2D eigenvalue weighted by Crippen LogP contribution is -2.10. The molecule has 22 heavy (non-hydrogen) atoms. The summed E-state index contributed by atoms with van der Waals surface area (Å²) in [5.74, 6) is -0.625. The van der Waals surface area contributed by atoms with E-state index in [4.69, 9.17) is 9.84 Å². The molecule has 2 aromatic carbocycles. The molecule has 0 spiro atoms. The number of hydrogen-bond donors (Lipinski definition) is 1. The van der Waals surface area contributed by atoms with E-state index < -0.39 is 12.6 Å². The molecule has 110 valence electrons. The Morgan fingerprint density at radius 2 is 1.77 bits per heavy atom. The van der Waals surface area contributed by atoms with E-state index in [-0.39, 0.29) is 5.78 Å². The molecular weight excluding hydrogens is 300 g/mol. The molecule has 0 fully saturated rings. The van der Waals surface area contributed by atoms with E-state index in [1.165, 1.54) is 11.3 Å². The average Bonchev–Trinajstić information content (AvgIpc) is 3.06. The molecular formula is C17H12O4S. The quantitative estimate of drug-likeness (QED) is 0.731. The summed E-state index contributed by atoms with van der Waals surface area (Å²) in [6, 6.07) is 14.3. The first kappa shape index (κ1) is 14.3. The van der Waals surface area contributed by atoms with Gasteiger partial charge in [0.2, 0.25) is 5.78 Å². The van der Waals surface area contributed by atoms with Crippen molar-refractivity contribution < 1.29 is 19.4 Å². The summed E-state index contributed by atoms with van der Waals surface area (Å²) in [7, 11) is 0. The molecule has 0 radical (unpaired) electrons. The molecule has 3 aromatic rings. The standard InChI is InChI=1S/C17H12O4S/c18-16(19)10-21-14-8-7-13(11-4-1-2-5-12(11)14)17(20)15-6-3-9-22-15/h1-9H,10H2,(H,18,19). The number of ketones is 1. The van der Waals surface area contributed by atoms with Crippen molar-refractivity contribution in [3.05, 3.63) is 64.4 Å². The first-order valence-electron chi connectivity index (χ1n) is 6.61. The fourth-order valence-electron chi connectivity index (χ4n) is 2.28. The smallest absolute Gasteiger partial charge is 0.341 e. The lowest BCUT2D eigenvalue weighted by atomic mass is 10.00. The lowest BCUT2D eigenvalue weighted by molar-refractivity contribution is -0.139. The second-order valence-electron chi connectivity index (χ2n) is 4.65. The Hall–Kier alpha value is -2.66. The van der Waals surface area contributed by atoms with Gasteiger partial charge >= 0.3 is 5.97 Å². The van der Waals surface area contributed by atoms with Crippen LogP contribution < -0.4 is 4.74 Å². The van der Waals surface area contributed by atoms with E-state index in [0.717, 1.165) is 10.8 Å². The highest BCUT2D eigenvalue weighted by Crippen LogP contribution is 2.30. The van der Waals surface area contributed by atoms with Gasteiger partial charge in [-0.1, -0.05) is 30.3 Å². The van der Waals surface area contributed by atoms with E-state index in [2.05, 4.69) is 0 Å². The number of hydrogen-bond acceptors (Lipinski definition) is 4. The van der Waals surface area contributed by atoms with Gasteiger partial charge in [0.05, 0.1) is 4.88 Å². The molecule has 0 atom stereocenters. The van der Waals surface area contributed by atoms with Crippen LogP contribution in [-0.2, 0) is 4.79 Å². The van der Waals surface area contributed by atoms with Gasteiger partial charge in [0.15, 0.2) is 6.61 Å². The first-order chi connectivity index (χ1) is 10.7. The van der Waals surface area contributed by atoms with Crippen LogP contribution in [0.2, 0.25) is 0 Å². The first-order valence-corrected chi connectivity index (χ1v) is 7.49. The van der Waals surface area contributed by atoms with Crippen molar-refractivity contribution in [2.75, 3.05) is 6.61 Å². The minimum absolute atomic E-state index is 0.0454. The molecule has 0 saturated carbocycles. The van der Waals surface area contributed by atoms with Gasteiger partial charge in [-0.15, -0.1) is 11.3 Å². The van der Waals surface area contributed by atoms with Crippen LogP contribution in [0, 0.1) is 0 Å². The van der Waals surface area contributed by atoms with Crippen LogP contribution in [0.15, 0.2) is 53.9 Å². The number of thiophene rings is 1. The lowest BCUT2D eigenvalue weighted by Gasteiger charge is -2.10. The van der Waals surface area contributed by atoms with Gasteiger partial charge in [0.25, 0.3) is 0 Å². The van der Waals surface area contributed by atoms with Crippen molar-refractivity contribution in [2.24, 2.45) is 0 Å². The number of ether oxygens (including phenoxy) is 1. The Morgan fingerprint density at radius 1 is 1.00 bits per heavy atom. The molecule has 0 bridgehead atoms. The highest BCUT2D eigenvalue weighted by Gasteiger charge is 2.15. The Bertz CT molecular complexity index is 837. The molecule has 0 saturated heterocycles. The number of carboxylic acid groups (broad SMARTS) is 1. The molecule has 0 aliphatic carbocycles. The summed E-state index contributed by atoms with van der Waals surface area (Å²) in [6.45, 7) is -0.414. The van der Waals surface area contributed by atoms with Crippen LogP contribution in [0.5, 0.6) is 5.75 Å². The van der Waals surface area contributed by atoms with Gasteiger partial charge in [0, 0.05) is 10.9 Å². The normalized spacial score (nSPS) is 10.5. The number of carboxylic acids is 1. The molecule has 1 heterocycles. The van der Waals surface area contributed by atoms with Crippen LogP contribution in [0.1, 0.15) is 15.2 Å². The maximum absolute atomic E-state index is 12.6. The van der Waals surface area contributed by atoms with Crippen molar-refractivity contribution in [1.29, 1.82) is 0 Å². The molecule has 0 aliphatic rings. The van der Waals surface area contributed by atoms with E-state index in [1.807, 2.05) is 35.7 Å². The Kier molecular flexibility index (Phi) is 3.89. The van der Waals surface area contributed by atoms with Crippen LogP contribution in [-0.4, -0.2) is 23.5 Å². The van der Waals surface area contributed by atoms with Gasteiger partial charge in [-0.3, -0.25) is 4.79 Å². The summed E-state index contributed by atoms with van der Waals surface area (Å²) < 4.78 is 5.30. The summed E-state index contributed by atoms with van der Waals surface area (Å²) in [5.41, 5.74) is 0.584. The molecule has 5 heteroatoms. The second-order valence-corrected chi connectivity index (χ2v) is 5.59. The Morgan fingerprint density at radius 3 is 2.45 bits per heavy atom. The highest BCUT2D eigenvalue weighted by molar-refractivity contribution is 7.12. The van der Waals surface area contributed by atoms with Gasteiger partial charge in [-0.25, -0.2) is 4.79 Å². The minimum atomic E-state index is -1.04. The average molecular weight is 312 g/mol. The van der Waals surface area contributed by atoms with Gasteiger partial charge in [-0.2, -0.15) is 0 Å². The maximum Gasteiger partial charge on any atom is 0.341 e. The summed E-state index contributed by atoms with van der Waals surface area (Å²) in [5, 5.41) is 12.1. The van der Waals surface area contributed by atoms with Crippen LogP contribution >= 0.6 is 11.3 Å². The third-order valence-electron chi connectivity index (χ3n) is 3.22. The molecule has 1 N–H and O–H groups in total. The van der Waals surface area contributed by atoms with Crippen LogP contribution in [0.3, 0.4) is 0 Å². The van der Waals surface area contributed by atoms with E-state index in [9.17, 15) is 9.59 Å².